The summed E-state index contributed by atoms with van der Waals surface area (Å²) in [4.78, 5) is 12.5. The molecule has 1 amide bonds. The number of carbonyl (C=O) groups is 1. The average molecular weight is 296 g/mol. The third-order valence-electron chi connectivity index (χ3n) is 4.40. The molecule has 0 bridgehead atoms. The Morgan fingerprint density at radius 1 is 1.33 bits per heavy atom. The molecule has 5 heteroatoms. The van der Waals surface area contributed by atoms with Crippen molar-refractivity contribution in [1.29, 1.82) is 0 Å². The zero-order chi connectivity index (χ0) is 15.6. The lowest BCUT2D eigenvalue weighted by atomic mass is 9.74. The first-order valence-corrected chi connectivity index (χ1v) is 7.30. The van der Waals surface area contributed by atoms with Gasteiger partial charge in [-0.05, 0) is 50.4 Å². The Kier molecular flexibility index (Phi) is 4.61. The second-order valence-corrected chi connectivity index (χ2v) is 6.30. The van der Waals surface area contributed by atoms with Crippen molar-refractivity contribution >= 4 is 11.6 Å². The first-order chi connectivity index (χ1) is 9.82. The van der Waals surface area contributed by atoms with Crippen molar-refractivity contribution in [2.24, 2.45) is 11.3 Å². The normalized spacial score (nSPS) is 19.4. The zero-order valence-electron chi connectivity index (χ0n) is 12.7. The third kappa shape index (κ3) is 3.40. The van der Waals surface area contributed by atoms with E-state index >= 15 is 0 Å². The van der Waals surface area contributed by atoms with Crippen molar-refractivity contribution in [3.05, 3.63) is 29.3 Å². The van der Waals surface area contributed by atoms with E-state index in [-0.39, 0.29) is 23.1 Å². The monoisotopic (exact) mass is 296 g/mol. The molecule has 1 unspecified atom stereocenters. The number of hydrogen-bond donors (Lipinski definition) is 2. The number of nitrogens with one attached hydrogen (secondary N) is 2. The molecule has 1 heterocycles. The molecule has 1 aliphatic rings. The van der Waals surface area contributed by atoms with Crippen LogP contribution in [-0.4, -0.2) is 19.0 Å². The summed E-state index contributed by atoms with van der Waals surface area (Å²) >= 11 is 0. The van der Waals surface area contributed by atoms with E-state index in [1.807, 2.05) is 13.8 Å². The quantitative estimate of drug-likeness (QED) is 0.899. The summed E-state index contributed by atoms with van der Waals surface area (Å²) in [6.07, 6.45) is 1.98. The first-order valence-electron chi connectivity index (χ1n) is 7.30. The molecule has 0 aliphatic carbocycles. The van der Waals surface area contributed by atoms with Gasteiger partial charge in [0.1, 0.15) is 11.6 Å². The number of piperidine rings is 1. The van der Waals surface area contributed by atoms with Gasteiger partial charge in [0, 0.05) is 11.5 Å². The Balaban J connectivity index is 2.15. The Hall–Kier alpha value is -1.49. The lowest BCUT2D eigenvalue weighted by Gasteiger charge is -2.36. The lowest BCUT2D eigenvalue weighted by Crippen LogP contribution is -2.44. The molecule has 1 aromatic carbocycles. The molecule has 116 valence electrons. The van der Waals surface area contributed by atoms with Crippen molar-refractivity contribution < 1.29 is 13.6 Å². The van der Waals surface area contributed by atoms with E-state index in [0.717, 1.165) is 38.1 Å². The molecular formula is C16H22F2N2O. The van der Waals surface area contributed by atoms with Gasteiger partial charge in [0.05, 0.1) is 5.69 Å². The fourth-order valence-corrected chi connectivity index (χ4v) is 2.68. The summed E-state index contributed by atoms with van der Waals surface area (Å²) in [7, 11) is 0. The lowest BCUT2D eigenvalue weighted by molar-refractivity contribution is -0.127. The summed E-state index contributed by atoms with van der Waals surface area (Å²) in [5.74, 6) is -1.23. The van der Waals surface area contributed by atoms with E-state index in [2.05, 4.69) is 10.6 Å². The molecule has 1 aliphatic heterocycles. The second-order valence-electron chi connectivity index (χ2n) is 6.30. The minimum absolute atomic E-state index is 0.0973. The molecule has 1 saturated heterocycles. The number of rotatable bonds is 3. The van der Waals surface area contributed by atoms with Crippen molar-refractivity contribution in [2.75, 3.05) is 18.4 Å². The van der Waals surface area contributed by atoms with Gasteiger partial charge in [-0.3, -0.25) is 4.79 Å². The molecule has 1 aromatic rings. The number of halogens is 2. The zero-order valence-corrected chi connectivity index (χ0v) is 12.7. The minimum atomic E-state index is -0.638. The maximum Gasteiger partial charge on any atom is 0.230 e. The van der Waals surface area contributed by atoms with Crippen LogP contribution in [0.15, 0.2) is 12.1 Å². The van der Waals surface area contributed by atoms with Crippen LogP contribution in [0.25, 0.3) is 0 Å². The average Bonchev–Trinajstić information content (AvgIpc) is 2.45. The van der Waals surface area contributed by atoms with Gasteiger partial charge in [-0.2, -0.15) is 0 Å². The molecule has 1 atom stereocenters. The number of benzene rings is 1. The van der Waals surface area contributed by atoms with Crippen LogP contribution < -0.4 is 10.6 Å². The summed E-state index contributed by atoms with van der Waals surface area (Å²) in [6, 6.07) is 2.14. The predicted octanol–water partition coefficient (Wildman–Crippen LogP) is 3.24. The fraction of sp³-hybridized carbons (Fsp3) is 0.562. The molecule has 3 nitrogen and oxygen atoms in total. The van der Waals surface area contributed by atoms with Gasteiger partial charge in [-0.1, -0.05) is 13.8 Å². The summed E-state index contributed by atoms with van der Waals surface area (Å²) in [5.41, 5.74) is -0.512. The highest BCUT2D eigenvalue weighted by molar-refractivity contribution is 5.95. The third-order valence-corrected chi connectivity index (χ3v) is 4.40. The maximum atomic E-state index is 13.8. The van der Waals surface area contributed by atoms with E-state index < -0.39 is 17.0 Å². The molecule has 0 radical (unpaired) electrons. The van der Waals surface area contributed by atoms with Crippen LogP contribution in [0.2, 0.25) is 0 Å². The molecule has 21 heavy (non-hydrogen) atoms. The van der Waals surface area contributed by atoms with Crippen LogP contribution in [0.1, 0.15) is 32.3 Å². The van der Waals surface area contributed by atoms with Gasteiger partial charge in [-0.25, -0.2) is 8.78 Å². The van der Waals surface area contributed by atoms with Gasteiger partial charge >= 0.3 is 0 Å². The van der Waals surface area contributed by atoms with Crippen molar-refractivity contribution in [3.8, 4) is 0 Å². The van der Waals surface area contributed by atoms with Gasteiger partial charge < -0.3 is 10.6 Å². The second kappa shape index (κ2) is 6.10. The predicted molar refractivity (Wildman–Crippen MR) is 79.1 cm³/mol. The van der Waals surface area contributed by atoms with Crippen LogP contribution in [-0.2, 0) is 4.79 Å². The van der Waals surface area contributed by atoms with E-state index in [1.54, 1.807) is 0 Å². The van der Waals surface area contributed by atoms with Gasteiger partial charge in [-0.15, -0.1) is 0 Å². The molecule has 2 rings (SSSR count). The fourth-order valence-electron chi connectivity index (χ4n) is 2.68. The van der Waals surface area contributed by atoms with Crippen LogP contribution in [0.5, 0.6) is 0 Å². The SMILES string of the molecule is Cc1cc(F)c(NC(=O)C(C)(C)C2CCCNC2)cc1F. The standard InChI is InChI=1S/C16H22F2N2O/c1-10-7-13(18)14(8-12(10)17)20-15(21)16(2,3)11-5-4-6-19-9-11/h7-8,11,19H,4-6,9H2,1-3H3,(H,20,21). The molecule has 0 saturated carbocycles. The molecular weight excluding hydrogens is 274 g/mol. The van der Waals surface area contributed by atoms with Crippen LogP contribution in [0, 0.1) is 29.9 Å². The maximum absolute atomic E-state index is 13.8. The largest absolute Gasteiger partial charge is 0.323 e. The van der Waals surface area contributed by atoms with Gasteiger partial charge in [0.15, 0.2) is 0 Å². The van der Waals surface area contributed by atoms with Crippen LogP contribution >= 0.6 is 0 Å². The molecule has 1 fully saturated rings. The summed E-state index contributed by atoms with van der Waals surface area (Å²) in [6.45, 7) is 6.92. The smallest absolute Gasteiger partial charge is 0.230 e. The Morgan fingerprint density at radius 2 is 2.05 bits per heavy atom. The minimum Gasteiger partial charge on any atom is -0.323 e. The molecule has 0 aromatic heterocycles. The van der Waals surface area contributed by atoms with E-state index in [1.165, 1.54) is 6.92 Å². The van der Waals surface area contributed by atoms with Gasteiger partial charge in [0.2, 0.25) is 5.91 Å². The topological polar surface area (TPSA) is 41.1 Å². The van der Waals surface area contributed by atoms with E-state index in [4.69, 9.17) is 0 Å². The Labute approximate surface area is 124 Å². The molecule has 0 spiro atoms. The van der Waals surface area contributed by atoms with E-state index in [9.17, 15) is 13.6 Å². The number of anilines is 1. The summed E-state index contributed by atoms with van der Waals surface area (Å²) < 4.78 is 27.4. The number of hydrogen-bond acceptors (Lipinski definition) is 2. The number of amides is 1. The highest BCUT2D eigenvalue weighted by Crippen LogP contribution is 2.33. The van der Waals surface area contributed by atoms with Crippen molar-refractivity contribution in [2.45, 2.75) is 33.6 Å². The Bertz CT molecular complexity index is 537. The van der Waals surface area contributed by atoms with Crippen LogP contribution in [0.4, 0.5) is 14.5 Å². The summed E-state index contributed by atoms with van der Waals surface area (Å²) in [5, 5.41) is 5.81. The van der Waals surface area contributed by atoms with Crippen molar-refractivity contribution in [1.82, 2.24) is 5.32 Å². The molecule has 2 N–H and O–H groups in total. The highest BCUT2D eigenvalue weighted by atomic mass is 19.1. The number of carbonyl (C=O) groups excluding carboxylic acids is 1. The van der Waals surface area contributed by atoms with E-state index in [0.29, 0.717) is 0 Å². The van der Waals surface area contributed by atoms with Crippen molar-refractivity contribution in [3.63, 3.8) is 0 Å². The van der Waals surface area contributed by atoms with Gasteiger partial charge in [0.25, 0.3) is 0 Å². The highest BCUT2D eigenvalue weighted by Gasteiger charge is 2.37. The first kappa shape index (κ1) is 15.9. The van der Waals surface area contributed by atoms with Crippen LogP contribution in [0.3, 0.4) is 0 Å². The number of aryl methyl sites for hydroxylation is 1. The Morgan fingerprint density at radius 3 is 2.67 bits per heavy atom.